The van der Waals surface area contributed by atoms with Crippen LogP contribution in [0.2, 0.25) is 0 Å². The summed E-state index contributed by atoms with van der Waals surface area (Å²) in [5.74, 6) is -0.244. The van der Waals surface area contributed by atoms with E-state index < -0.39 is 11.9 Å². The van der Waals surface area contributed by atoms with Gasteiger partial charge < -0.3 is 14.8 Å². The van der Waals surface area contributed by atoms with Gasteiger partial charge >= 0.3 is 5.97 Å². The molecule has 0 saturated heterocycles. The first-order valence-corrected chi connectivity index (χ1v) is 21.0. The van der Waals surface area contributed by atoms with Crippen LogP contribution in [0.15, 0.2) is 34.7 Å². The maximum Gasteiger partial charge on any atom is 0.306 e. The van der Waals surface area contributed by atoms with Gasteiger partial charge in [-0.25, -0.2) is 4.58 Å². The molecule has 1 heterocycles. The molecular formula is C45H73N2O3+. The van der Waals surface area contributed by atoms with E-state index in [9.17, 15) is 9.90 Å². The summed E-state index contributed by atoms with van der Waals surface area (Å²) in [4.78, 5) is 12.7. The molecule has 2 aliphatic rings. The molecule has 1 unspecified atom stereocenters. The summed E-state index contributed by atoms with van der Waals surface area (Å²) in [6.07, 6.45) is 27.1. The topological polar surface area (TPSA) is 65.5 Å². The maximum atomic E-state index is 12.7. The number of nitrogens with zero attached hydrogens (tertiary/aromatic N) is 1. The quantitative estimate of drug-likeness (QED) is 0.0452. The summed E-state index contributed by atoms with van der Waals surface area (Å²) in [6.45, 7) is 13.9. The van der Waals surface area contributed by atoms with Crippen molar-refractivity contribution in [1.29, 1.82) is 0 Å². The van der Waals surface area contributed by atoms with Gasteiger partial charge in [-0.3, -0.25) is 4.79 Å². The molecule has 3 rings (SSSR count). The maximum absolute atomic E-state index is 12.7. The molecule has 5 heteroatoms. The third-order valence-corrected chi connectivity index (χ3v) is 10.7. The average molecular weight is 690 g/mol. The van der Waals surface area contributed by atoms with Crippen LogP contribution in [0.1, 0.15) is 174 Å². The number of carboxylic acid groups (broad SMARTS) is 1. The zero-order valence-corrected chi connectivity index (χ0v) is 32.9. The molecule has 1 aliphatic carbocycles. The van der Waals surface area contributed by atoms with Crippen molar-refractivity contribution in [3.8, 4) is 11.3 Å². The van der Waals surface area contributed by atoms with Crippen LogP contribution in [-0.2, 0) is 11.2 Å². The Morgan fingerprint density at radius 3 is 1.78 bits per heavy atom. The molecule has 1 aliphatic heterocycles. The predicted molar refractivity (Wildman–Crippen MR) is 216 cm³/mol. The standard InChI is InChI=1S/C45H72N2O3/c1-6-10-13-14-15-16-17-18-19-20-21-22-23-24-25-26-27-37(45(48)49)33-40-39-29-28-38(47(30-11-7-2)31-12-8-3)34-43(39)50-44-35-42(46-9-4)36(5)32-41(40)44/h28-29,32,34-35,37H,6-27,30-31,33H2,1-5H3,(H,48,49)/p+1. The molecule has 1 aromatic carbocycles. The van der Waals surface area contributed by atoms with Crippen molar-refractivity contribution in [3.05, 3.63) is 46.8 Å². The fourth-order valence-corrected chi connectivity index (χ4v) is 7.48. The molecule has 1 atom stereocenters. The number of hydrogen-bond donors (Lipinski definition) is 2. The third kappa shape index (κ3) is 14.1. The second-order valence-electron chi connectivity index (χ2n) is 15.0. The zero-order valence-electron chi connectivity index (χ0n) is 32.9. The molecule has 50 heavy (non-hydrogen) atoms. The molecule has 5 nitrogen and oxygen atoms in total. The Kier molecular flexibility index (Phi) is 20.3. The summed E-state index contributed by atoms with van der Waals surface area (Å²) in [7, 11) is 0. The molecule has 0 spiro atoms. The van der Waals surface area contributed by atoms with Gasteiger partial charge in [-0.05, 0) is 49.9 Å². The van der Waals surface area contributed by atoms with Gasteiger partial charge in [0.2, 0.25) is 5.36 Å². The van der Waals surface area contributed by atoms with Crippen LogP contribution in [-0.4, -0.2) is 30.7 Å². The number of carboxylic acids is 1. The van der Waals surface area contributed by atoms with E-state index in [4.69, 9.17) is 4.42 Å². The zero-order chi connectivity index (χ0) is 36.0. The number of benzene rings is 2. The van der Waals surface area contributed by atoms with Crippen LogP contribution in [0, 0.1) is 12.8 Å². The Labute approximate surface area is 305 Å². The van der Waals surface area contributed by atoms with Crippen LogP contribution < -0.4 is 15.2 Å². The lowest BCUT2D eigenvalue weighted by molar-refractivity contribution is -0.142. The highest BCUT2D eigenvalue weighted by atomic mass is 16.4. The molecule has 0 bridgehead atoms. The van der Waals surface area contributed by atoms with Gasteiger partial charge in [0.05, 0.1) is 12.0 Å². The Morgan fingerprint density at radius 1 is 0.720 bits per heavy atom. The lowest BCUT2D eigenvalue weighted by Gasteiger charge is -2.20. The van der Waals surface area contributed by atoms with E-state index in [0.717, 1.165) is 104 Å². The summed E-state index contributed by atoms with van der Waals surface area (Å²) < 4.78 is 9.14. The highest BCUT2D eigenvalue weighted by Crippen LogP contribution is 2.37. The van der Waals surface area contributed by atoms with Gasteiger partial charge in [-0.2, -0.15) is 0 Å². The first-order chi connectivity index (χ1) is 24.4. The number of aliphatic carboxylic acids is 1. The van der Waals surface area contributed by atoms with E-state index in [1.807, 2.05) is 0 Å². The fraction of sp³-hybridized carbons (Fsp3) is 0.689. The van der Waals surface area contributed by atoms with E-state index in [0.29, 0.717) is 6.42 Å². The summed E-state index contributed by atoms with van der Waals surface area (Å²) in [5, 5.41) is 16.1. The minimum atomic E-state index is -0.684. The summed E-state index contributed by atoms with van der Waals surface area (Å²) in [6, 6.07) is 10.9. The van der Waals surface area contributed by atoms with E-state index in [2.05, 4.69) is 74.8 Å². The second-order valence-corrected chi connectivity index (χ2v) is 15.0. The minimum absolute atomic E-state index is 0.408. The van der Waals surface area contributed by atoms with E-state index in [-0.39, 0.29) is 0 Å². The lowest BCUT2D eigenvalue weighted by atomic mass is 9.88. The number of rotatable bonds is 28. The number of nitrogens with one attached hydrogen (secondary N) is 1. The van der Waals surface area contributed by atoms with Crippen molar-refractivity contribution in [2.24, 2.45) is 5.92 Å². The summed E-state index contributed by atoms with van der Waals surface area (Å²) >= 11 is 0. The van der Waals surface area contributed by atoms with Gasteiger partial charge in [-0.1, -0.05) is 136 Å². The van der Waals surface area contributed by atoms with Crippen LogP contribution in [0.25, 0.3) is 22.3 Å². The van der Waals surface area contributed by atoms with Gasteiger partial charge in [-0.15, -0.1) is 0 Å². The van der Waals surface area contributed by atoms with E-state index in [1.165, 1.54) is 95.2 Å². The second kappa shape index (κ2) is 24.4. The van der Waals surface area contributed by atoms with Crippen molar-refractivity contribution in [1.82, 2.24) is 4.58 Å². The van der Waals surface area contributed by atoms with Crippen molar-refractivity contribution in [3.63, 3.8) is 0 Å². The number of carbonyl (C=O) groups is 1. The van der Waals surface area contributed by atoms with Gasteiger partial charge in [0.15, 0.2) is 0 Å². The molecule has 0 radical (unpaired) electrons. The Morgan fingerprint density at radius 2 is 1.26 bits per heavy atom. The minimum Gasteiger partial charge on any atom is -0.481 e. The normalized spacial score (nSPS) is 12.2. The number of unbranched alkanes of at least 4 members (excludes halogenated alkanes) is 17. The fourth-order valence-electron chi connectivity index (χ4n) is 7.48. The SMILES string of the molecule is CCCCCCCCCCCCCCCCCCC(Cc1c2ccc(=[N+](CCCC)CCCC)cc-2oc2cc(NCC)c(C)cc12)C(=O)O. The third-order valence-electron chi connectivity index (χ3n) is 10.7. The van der Waals surface area contributed by atoms with Crippen LogP contribution in [0.4, 0.5) is 5.69 Å². The Hall–Kier alpha value is -2.82. The van der Waals surface area contributed by atoms with Gasteiger partial charge in [0, 0.05) is 48.2 Å². The van der Waals surface area contributed by atoms with E-state index in [1.54, 1.807) is 0 Å². The first kappa shape index (κ1) is 41.6. The van der Waals surface area contributed by atoms with Crippen LogP contribution in [0.5, 0.6) is 0 Å². The van der Waals surface area contributed by atoms with Crippen molar-refractivity contribution in [2.45, 2.75) is 176 Å². The van der Waals surface area contributed by atoms with Crippen LogP contribution in [0.3, 0.4) is 0 Å². The highest BCUT2D eigenvalue weighted by molar-refractivity contribution is 5.91. The lowest BCUT2D eigenvalue weighted by Crippen LogP contribution is -2.32. The molecule has 0 fully saturated rings. The highest BCUT2D eigenvalue weighted by Gasteiger charge is 2.24. The molecule has 0 amide bonds. The Balaban J connectivity index is 1.65. The molecule has 0 saturated carbocycles. The number of hydrogen-bond acceptors (Lipinski definition) is 3. The van der Waals surface area contributed by atoms with E-state index >= 15 is 0 Å². The van der Waals surface area contributed by atoms with Crippen LogP contribution >= 0.6 is 0 Å². The van der Waals surface area contributed by atoms with Gasteiger partial charge in [0.1, 0.15) is 24.4 Å². The average Bonchev–Trinajstić information content (AvgIpc) is 3.11. The smallest absolute Gasteiger partial charge is 0.306 e. The first-order valence-electron chi connectivity index (χ1n) is 21.0. The molecule has 2 N–H and O–H groups in total. The molecule has 280 valence electrons. The molecule has 0 aromatic heterocycles. The van der Waals surface area contributed by atoms with Crippen molar-refractivity contribution < 1.29 is 14.3 Å². The van der Waals surface area contributed by atoms with Crippen molar-refractivity contribution >= 4 is 22.6 Å². The number of anilines is 1. The van der Waals surface area contributed by atoms with Gasteiger partial charge in [0.25, 0.3) is 0 Å². The number of aryl methyl sites for hydroxylation is 1. The van der Waals surface area contributed by atoms with Crippen molar-refractivity contribution in [2.75, 3.05) is 25.0 Å². The Bertz CT molecular complexity index is 1410. The monoisotopic (exact) mass is 690 g/mol. The predicted octanol–water partition coefficient (Wildman–Crippen LogP) is 12.5. The largest absolute Gasteiger partial charge is 0.481 e. The summed E-state index contributed by atoms with van der Waals surface area (Å²) in [5.41, 5.74) is 5.20. The molecule has 1 aromatic rings. The molecular weight excluding hydrogens is 617 g/mol. The number of fused-ring (bicyclic) bond motifs is 2.